The Kier molecular flexibility index (Phi) is 4.04. The van der Waals surface area contributed by atoms with Gasteiger partial charge in [0, 0.05) is 29.7 Å². The number of imidazole rings is 1. The summed E-state index contributed by atoms with van der Waals surface area (Å²) in [4.78, 5) is 16.3. The number of carbonyl (C=O) groups is 1. The van der Waals surface area contributed by atoms with E-state index in [0.29, 0.717) is 12.0 Å². The normalized spacial score (nSPS) is 22.0. The highest BCUT2D eigenvalue weighted by Crippen LogP contribution is 2.23. The van der Waals surface area contributed by atoms with Crippen LogP contribution in [0.1, 0.15) is 43.0 Å². The van der Waals surface area contributed by atoms with E-state index in [2.05, 4.69) is 17.2 Å². The SMILES string of the molecule is CC1CCCC(NC(=O)c2ccc(-n3ccnc3)cc2)C1. The molecule has 2 aromatic rings. The molecule has 1 aliphatic rings. The van der Waals surface area contributed by atoms with E-state index in [1.165, 1.54) is 12.8 Å². The summed E-state index contributed by atoms with van der Waals surface area (Å²) >= 11 is 0. The second-order valence-electron chi connectivity index (χ2n) is 5.96. The molecule has 1 aliphatic carbocycles. The van der Waals surface area contributed by atoms with Crippen LogP contribution in [0.4, 0.5) is 0 Å². The minimum absolute atomic E-state index is 0.0336. The second-order valence-corrected chi connectivity index (χ2v) is 5.96. The standard InChI is InChI=1S/C17H21N3O/c1-13-3-2-4-15(11-13)19-17(21)14-5-7-16(8-6-14)20-10-9-18-12-20/h5-10,12-13,15H,2-4,11H2,1H3,(H,19,21). The maximum Gasteiger partial charge on any atom is 0.251 e. The van der Waals surface area contributed by atoms with Gasteiger partial charge in [0.05, 0.1) is 6.33 Å². The van der Waals surface area contributed by atoms with E-state index in [9.17, 15) is 4.79 Å². The third-order valence-electron chi connectivity index (χ3n) is 4.20. The summed E-state index contributed by atoms with van der Waals surface area (Å²) in [6.07, 6.45) is 10.1. The van der Waals surface area contributed by atoms with Crippen LogP contribution in [0.15, 0.2) is 43.0 Å². The summed E-state index contributed by atoms with van der Waals surface area (Å²) in [6.45, 7) is 2.26. The van der Waals surface area contributed by atoms with Crippen LogP contribution in [0.2, 0.25) is 0 Å². The molecule has 21 heavy (non-hydrogen) atoms. The fourth-order valence-electron chi connectivity index (χ4n) is 3.03. The molecule has 2 unspecified atom stereocenters. The Labute approximate surface area is 125 Å². The van der Waals surface area contributed by atoms with Crippen molar-refractivity contribution < 1.29 is 4.79 Å². The number of benzene rings is 1. The summed E-state index contributed by atoms with van der Waals surface area (Å²) in [5, 5.41) is 3.16. The number of amides is 1. The zero-order chi connectivity index (χ0) is 14.7. The lowest BCUT2D eigenvalue weighted by Crippen LogP contribution is -2.37. The molecule has 1 N–H and O–H groups in total. The van der Waals surface area contributed by atoms with Gasteiger partial charge in [-0.2, -0.15) is 0 Å². The molecule has 1 aromatic heterocycles. The summed E-state index contributed by atoms with van der Waals surface area (Å²) in [5.74, 6) is 0.749. The monoisotopic (exact) mass is 283 g/mol. The van der Waals surface area contributed by atoms with Crippen molar-refractivity contribution in [3.63, 3.8) is 0 Å². The summed E-state index contributed by atoms with van der Waals surface area (Å²) < 4.78 is 1.92. The number of carbonyl (C=O) groups excluding carboxylic acids is 1. The van der Waals surface area contributed by atoms with Crippen molar-refractivity contribution in [2.45, 2.75) is 38.6 Å². The first-order chi connectivity index (χ1) is 10.2. The molecule has 0 bridgehead atoms. The van der Waals surface area contributed by atoms with E-state index in [-0.39, 0.29) is 5.91 Å². The third-order valence-corrected chi connectivity index (χ3v) is 4.20. The number of aromatic nitrogens is 2. The summed E-state index contributed by atoms with van der Waals surface area (Å²) in [5.41, 5.74) is 1.73. The quantitative estimate of drug-likeness (QED) is 0.940. The average Bonchev–Trinajstić information content (AvgIpc) is 3.01. The van der Waals surface area contributed by atoms with E-state index in [4.69, 9.17) is 0 Å². The Hall–Kier alpha value is -2.10. The van der Waals surface area contributed by atoms with Gasteiger partial charge in [-0.05, 0) is 43.0 Å². The van der Waals surface area contributed by atoms with Crippen LogP contribution in [0.25, 0.3) is 5.69 Å². The van der Waals surface area contributed by atoms with Gasteiger partial charge in [0.15, 0.2) is 0 Å². The Morgan fingerprint density at radius 3 is 2.76 bits per heavy atom. The van der Waals surface area contributed by atoms with Gasteiger partial charge in [0.2, 0.25) is 0 Å². The predicted octanol–water partition coefficient (Wildman–Crippen LogP) is 3.18. The number of rotatable bonds is 3. The van der Waals surface area contributed by atoms with Gasteiger partial charge in [-0.3, -0.25) is 4.79 Å². The number of hydrogen-bond acceptors (Lipinski definition) is 2. The minimum Gasteiger partial charge on any atom is -0.349 e. The maximum absolute atomic E-state index is 12.3. The van der Waals surface area contributed by atoms with Gasteiger partial charge < -0.3 is 9.88 Å². The zero-order valence-electron chi connectivity index (χ0n) is 12.3. The van der Waals surface area contributed by atoms with Crippen molar-refractivity contribution in [2.24, 2.45) is 5.92 Å². The number of nitrogens with zero attached hydrogens (tertiary/aromatic N) is 2. The van der Waals surface area contributed by atoms with Gasteiger partial charge in [-0.15, -0.1) is 0 Å². The van der Waals surface area contributed by atoms with Gasteiger partial charge in [-0.25, -0.2) is 4.98 Å². The smallest absolute Gasteiger partial charge is 0.251 e. The highest BCUT2D eigenvalue weighted by molar-refractivity contribution is 5.94. The molecule has 1 heterocycles. The van der Waals surface area contributed by atoms with Gasteiger partial charge in [-0.1, -0.05) is 19.8 Å². The molecule has 2 atom stereocenters. The van der Waals surface area contributed by atoms with Crippen molar-refractivity contribution in [1.82, 2.24) is 14.9 Å². The Morgan fingerprint density at radius 2 is 2.10 bits per heavy atom. The van der Waals surface area contributed by atoms with Crippen molar-refractivity contribution in [2.75, 3.05) is 0 Å². The molecule has 1 saturated carbocycles. The first-order valence-corrected chi connectivity index (χ1v) is 7.61. The third kappa shape index (κ3) is 3.32. The molecule has 3 rings (SSSR count). The van der Waals surface area contributed by atoms with Gasteiger partial charge >= 0.3 is 0 Å². The largest absolute Gasteiger partial charge is 0.349 e. The van der Waals surface area contributed by atoms with Crippen molar-refractivity contribution in [1.29, 1.82) is 0 Å². The van der Waals surface area contributed by atoms with E-state index in [1.54, 1.807) is 12.5 Å². The topological polar surface area (TPSA) is 46.9 Å². The van der Waals surface area contributed by atoms with E-state index in [1.807, 2.05) is 35.0 Å². The fourth-order valence-corrected chi connectivity index (χ4v) is 3.03. The van der Waals surface area contributed by atoms with Crippen LogP contribution >= 0.6 is 0 Å². The van der Waals surface area contributed by atoms with Crippen LogP contribution in [0, 0.1) is 5.92 Å². The molecule has 0 aliphatic heterocycles. The van der Waals surface area contributed by atoms with Crippen LogP contribution in [0.5, 0.6) is 0 Å². The lowest BCUT2D eigenvalue weighted by Gasteiger charge is -2.27. The number of nitrogens with one attached hydrogen (secondary N) is 1. The fraction of sp³-hybridized carbons (Fsp3) is 0.412. The summed E-state index contributed by atoms with van der Waals surface area (Å²) in [6, 6.07) is 7.96. The maximum atomic E-state index is 12.3. The molecule has 4 heteroatoms. The van der Waals surface area contributed by atoms with Crippen molar-refractivity contribution in [3.05, 3.63) is 48.5 Å². The molecule has 4 nitrogen and oxygen atoms in total. The van der Waals surface area contributed by atoms with Crippen molar-refractivity contribution >= 4 is 5.91 Å². The van der Waals surface area contributed by atoms with E-state index >= 15 is 0 Å². The molecule has 0 saturated heterocycles. The van der Waals surface area contributed by atoms with E-state index < -0.39 is 0 Å². The van der Waals surface area contributed by atoms with Gasteiger partial charge in [0.25, 0.3) is 5.91 Å². The van der Waals surface area contributed by atoms with Crippen LogP contribution in [0.3, 0.4) is 0 Å². The van der Waals surface area contributed by atoms with Crippen LogP contribution in [-0.4, -0.2) is 21.5 Å². The minimum atomic E-state index is 0.0336. The molecular weight excluding hydrogens is 262 g/mol. The average molecular weight is 283 g/mol. The number of hydrogen-bond donors (Lipinski definition) is 1. The molecule has 0 radical (unpaired) electrons. The Balaban J connectivity index is 1.65. The molecule has 1 amide bonds. The van der Waals surface area contributed by atoms with Crippen LogP contribution < -0.4 is 5.32 Å². The molecule has 110 valence electrons. The highest BCUT2D eigenvalue weighted by Gasteiger charge is 2.20. The zero-order valence-corrected chi connectivity index (χ0v) is 12.3. The lowest BCUT2D eigenvalue weighted by molar-refractivity contribution is 0.0921. The van der Waals surface area contributed by atoms with Gasteiger partial charge in [0.1, 0.15) is 0 Å². The summed E-state index contributed by atoms with van der Waals surface area (Å²) in [7, 11) is 0. The Morgan fingerprint density at radius 1 is 1.29 bits per heavy atom. The first kappa shape index (κ1) is 13.9. The molecular formula is C17H21N3O. The highest BCUT2D eigenvalue weighted by atomic mass is 16.1. The molecule has 0 spiro atoms. The molecule has 1 fully saturated rings. The Bertz CT molecular complexity index is 589. The van der Waals surface area contributed by atoms with Crippen LogP contribution in [-0.2, 0) is 0 Å². The first-order valence-electron chi connectivity index (χ1n) is 7.61. The second kappa shape index (κ2) is 6.12. The van der Waals surface area contributed by atoms with Crippen molar-refractivity contribution in [3.8, 4) is 5.69 Å². The molecule has 1 aromatic carbocycles. The predicted molar refractivity (Wildman–Crippen MR) is 82.5 cm³/mol. The van der Waals surface area contributed by atoms with E-state index in [0.717, 1.165) is 24.1 Å². The lowest BCUT2D eigenvalue weighted by atomic mass is 9.87.